The van der Waals surface area contributed by atoms with Crippen LogP contribution in [0, 0.1) is 21.4 Å². The molecule has 0 saturated heterocycles. The molecule has 0 fully saturated rings. The highest BCUT2D eigenvalue weighted by Crippen LogP contribution is 2.32. The molecule has 0 saturated carbocycles. The summed E-state index contributed by atoms with van der Waals surface area (Å²) < 4.78 is 0.973. The fraction of sp³-hybridized carbons (Fsp3) is 0. The van der Waals surface area contributed by atoms with Gasteiger partial charge >= 0.3 is 0 Å². The van der Waals surface area contributed by atoms with Crippen LogP contribution < -0.4 is 0 Å². The van der Waals surface area contributed by atoms with Crippen molar-refractivity contribution in [3.63, 3.8) is 0 Å². The van der Waals surface area contributed by atoms with Gasteiger partial charge in [0, 0.05) is 26.4 Å². The van der Waals surface area contributed by atoms with Crippen molar-refractivity contribution in [3.8, 4) is 6.07 Å². The minimum atomic E-state index is -0.505. The van der Waals surface area contributed by atoms with E-state index in [1.165, 1.54) is 23.9 Å². The van der Waals surface area contributed by atoms with Crippen molar-refractivity contribution in [2.75, 3.05) is 0 Å². The maximum absolute atomic E-state index is 10.7. The van der Waals surface area contributed by atoms with Gasteiger partial charge in [-0.2, -0.15) is 5.26 Å². The molecule has 0 aliphatic carbocycles. The van der Waals surface area contributed by atoms with Crippen LogP contribution in [0.3, 0.4) is 0 Å². The fourth-order valence-electron chi connectivity index (χ4n) is 1.44. The molecule has 0 aromatic heterocycles. The maximum Gasteiger partial charge on any atom is 0.270 e. The standard InChI is InChI=1S/C13H7BrN2O2S/c14-10-1-4-12(5-2-10)19-13-6-3-11(16(17)18)7-9(13)8-15/h1-7H. The van der Waals surface area contributed by atoms with Crippen molar-refractivity contribution in [2.24, 2.45) is 0 Å². The van der Waals surface area contributed by atoms with E-state index >= 15 is 0 Å². The van der Waals surface area contributed by atoms with E-state index in [1.54, 1.807) is 6.07 Å². The normalized spacial score (nSPS) is 9.89. The Morgan fingerprint density at radius 2 is 1.89 bits per heavy atom. The SMILES string of the molecule is N#Cc1cc([N+](=O)[O-])ccc1Sc1ccc(Br)cc1. The Morgan fingerprint density at radius 1 is 1.21 bits per heavy atom. The molecule has 0 amide bonds. The lowest BCUT2D eigenvalue weighted by Gasteiger charge is -2.04. The number of nitrogens with zero attached hydrogens (tertiary/aromatic N) is 2. The first-order valence-electron chi connectivity index (χ1n) is 5.22. The van der Waals surface area contributed by atoms with Crippen molar-refractivity contribution in [1.29, 1.82) is 5.26 Å². The summed E-state index contributed by atoms with van der Waals surface area (Å²) in [7, 11) is 0. The van der Waals surface area contributed by atoms with Crippen LogP contribution in [-0.4, -0.2) is 4.92 Å². The zero-order chi connectivity index (χ0) is 13.8. The van der Waals surface area contributed by atoms with Crippen molar-refractivity contribution in [1.82, 2.24) is 0 Å². The average molecular weight is 335 g/mol. The molecule has 0 radical (unpaired) electrons. The lowest BCUT2D eigenvalue weighted by atomic mass is 10.2. The third-order valence-electron chi connectivity index (χ3n) is 2.34. The van der Waals surface area contributed by atoms with Gasteiger partial charge in [0.1, 0.15) is 6.07 Å². The summed E-state index contributed by atoms with van der Waals surface area (Å²) in [5, 5.41) is 19.7. The van der Waals surface area contributed by atoms with E-state index in [1.807, 2.05) is 30.3 Å². The Bertz CT molecular complexity index is 665. The molecule has 19 heavy (non-hydrogen) atoms. The molecular weight excluding hydrogens is 328 g/mol. The third kappa shape index (κ3) is 3.34. The number of nitriles is 1. The van der Waals surface area contributed by atoms with Crippen LogP contribution in [0.4, 0.5) is 5.69 Å². The molecule has 0 spiro atoms. The van der Waals surface area contributed by atoms with Gasteiger partial charge < -0.3 is 0 Å². The Balaban J connectivity index is 2.33. The average Bonchev–Trinajstić information content (AvgIpc) is 2.41. The van der Waals surface area contributed by atoms with Crippen molar-refractivity contribution in [2.45, 2.75) is 9.79 Å². The number of halogens is 1. The summed E-state index contributed by atoms with van der Waals surface area (Å²) in [5.41, 5.74) is 0.235. The molecule has 6 heteroatoms. The topological polar surface area (TPSA) is 66.9 Å². The number of benzene rings is 2. The molecule has 0 aliphatic heterocycles. The second kappa shape index (κ2) is 5.87. The molecule has 2 aromatic rings. The highest BCUT2D eigenvalue weighted by Gasteiger charge is 2.11. The summed E-state index contributed by atoms with van der Waals surface area (Å²) in [6, 6.07) is 13.9. The number of non-ortho nitro benzene ring substituents is 1. The second-order valence-corrected chi connectivity index (χ2v) is 5.64. The van der Waals surface area contributed by atoms with E-state index < -0.39 is 4.92 Å². The van der Waals surface area contributed by atoms with Crippen LogP contribution >= 0.6 is 27.7 Å². The first-order chi connectivity index (χ1) is 9.10. The van der Waals surface area contributed by atoms with Gasteiger partial charge in [-0.25, -0.2) is 0 Å². The summed E-state index contributed by atoms with van der Waals surface area (Å²) in [6.45, 7) is 0. The van der Waals surface area contributed by atoms with E-state index in [4.69, 9.17) is 5.26 Å². The predicted molar refractivity (Wildman–Crippen MR) is 76.1 cm³/mol. The van der Waals surface area contributed by atoms with Gasteiger partial charge in [-0.05, 0) is 30.3 Å². The highest BCUT2D eigenvalue weighted by molar-refractivity contribution is 9.10. The van der Waals surface area contributed by atoms with Crippen LogP contribution in [-0.2, 0) is 0 Å². The molecule has 2 aromatic carbocycles. The zero-order valence-electron chi connectivity index (χ0n) is 9.54. The number of nitro groups is 1. The summed E-state index contributed by atoms with van der Waals surface area (Å²) >= 11 is 4.75. The Labute approximate surface area is 122 Å². The lowest BCUT2D eigenvalue weighted by molar-refractivity contribution is -0.384. The smallest absolute Gasteiger partial charge is 0.258 e. The summed E-state index contributed by atoms with van der Waals surface area (Å²) in [6.07, 6.45) is 0. The molecule has 94 valence electrons. The molecule has 0 aliphatic rings. The van der Waals surface area contributed by atoms with Gasteiger partial charge in [0.15, 0.2) is 0 Å². The molecule has 0 heterocycles. The van der Waals surface area contributed by atoms with Gasteiger partial charge in [-0.1, -0.05) is 27.7 Å². The van der Waals surface area contributed by atoms with Gasteiger partial charge in [-0.15, -0.1) is 0 Å². The number of rotatable bonds is 3. The van der Waals surface area contributed by atoms with Crippen LogP contribution in [0.2, 0.25) is 0 Å². The summed E-state index contributed by atoms with van der Waals surface area (Å²) in [5.74, 6) is 0. The Morgan fingerprint density at radius 3 is 2.47 bits per heavy atom. The van der Waals surface area contributed by atoms with Gasteiger partial charge in [0.25, 0.3) is 5.69 Å². The fourth-order valence-corrected chi connectivity index (χ4v) is 2.58. The number of hydrogen-bond donors (Lipinski definition) is 0. The van der Waals surface area contributed by atoms with Crippen LogP contribution in [0.5, 0.6) is 0 Å². The Hall–Kier alpha value is -1.84. The van der Waals surface area contributed by atoms with E-state index in [-0.39, 0.29) is 5.69 Å². The molecule has 0 atom stereocenters. The lowest BCUT2D eigenvalue weighted by Crippen LogP contribution is -1.90. The third-order valence-corrected chi connectivity index (χ3v) is 3.95. The molecule has 0 unspecified atom stereocenters. The van der Waals surface area contributed by atoms with E-state index in [0.717, 1.165) is 9.37 Å². The first kappa shape index (κ1) is 13.6. The predicted octanol–water partition coefficient (Wildman–Crippen LogP) is 4.38. The summed E-state index contributed by atoms with van der Waals surface area (Å²) in [4.78, 5) is 11.8. The minimum Gasteiger partial charge on any atom is -0.258 e. The number of hydrogen-bond acceptors (Lipinski definition) is 4. The van der Waals surface area contributed by atoms with Crippen LogP contribution in [0.1, 0.15) is 5.56 Å². The first-order valence-corrected chi connectivity index (χ1v) is 6.83. The minimum absolute atomic E-state index is 0.0725. The maximum atomic E-state index is 10.7. The monoisotopic (exact) mass is 334 g/mol. The largest absolute Gasteiger partial charge is 0.270 e. The van der Waals surface area contributed by atoms with Crippen LogP contribution in [0.15, 0.2) is 56.7 Å². The molecule has 0 N–H and O–H groups in total. The highest BCUT2D eigenvalue weighted by atomic mass is 79.9. The van der Waals surface area contributed by atoms with E-state index in [0.29, 0.717) is 10.5 Å². The molecular formula is C13H7BrN2O2S. The van der Waals surface area contributed by atoms with Crippen molar-refractivity contribution >= 4 is 33.4 Å². The van der Waals surface area contributed by atoms with Crippen molar-refractivity contribution < 1.29 is 4.92 Å². The molecule has 0 bridgehead atoms. The van der Waals surface area contributed by atoms with Gasteiger partial charge in [-0.3, -0.25) is 10.1 Å². The van der Waals surface area contributed by atoms with Gasteiger partial charge in [0.05, 0.1) is 10.5 Å². The second-order valence-electron chi connectivity index (χ2n) is 3.61. The van der Waals surface area contributed by atoms with E-state index in [2.05, 4.69) is 15.9 Å². The van der Waals surface area contributed by atoms with Gasteiger partial charge in [0.2, 0.25) is 0 Å². The zero-order valence-corrected chi connectivity index (χ0v) is 11.9. The molecule has 2 rings (SSSR count). The van der Waals surface area contributed by atoms with Crippen molar-refractivity contribution in [3.05, 3.63) is 62.6 Å². The van der Waals surface area contributed by atoms with Crippen LogP contribution in [0.25, 0.3) is 0 Å². The van der Waals surface area contributed by atoms with E-state index in [9.17, 15) is 10.1 Å². The quantitative estimate of drug-likeness (QED) is 0.617. The molecule has 4 nitrogen and oxygen atoms in total. The number of nitro benzene ring substituents is 1. The Kier molecular flexibility index (Phi) is 4.20.